The molecule has 0 unspecified atom stereocenters. The number of benzene rings is 2. The number of anilines is 1. The molecule has 104 valence electrons. The standard InChI is InChI=1S/C17H18FNO/c1-17(2)10-12-4-3-5-13(16(12)20-17)11-19-15-8-6-14(18)7-9-15/h3-9,19H,10-11H2,1-2H3. The molecule has 3 rings (SSSR count). The van der Waals surface area contributed by atoms with Crippen LogP contribution < -0.4 is 10.1 Å². The third kappa shape index (κ3) is 2.62. The summed E-state index contributed by atoms with van der Waals surface area (Å²) in [5, 5.41) is 3.30. The van der Waals surface area contributed by atoms with E-state index in [1.165, 1.54) is 17.7 Å². The number of para-hydroxylation sites is 1. The molecule has 2 aromatic rings. The number of rotatable bonds is 3. The zero-order valence-electron chi connectivity index (χ0n) is 11.7. The van der Waals surface area contributed by atoms with Crippen molar-refractivity contribution >= 4 is 5.69 Å². The van der Waals surface area contributed by atoms with E-state index in [1.807, 2.05) is 0 Å². The molecular weight excluding hydrogens is 253 g/mol. The van der Waals surface area contributed by atoms with Gasteiger partial charge in [0.2, 0.25) is 0 Å². The molecule has 0 aliphatic carbocycles. The molecular formula is C17H18FNO. The summed E-state index contributed by atoms with van der Waals surface area (Å²) in [5.74, 6) is 0.772. The minimum absolute atomic E-state index is 0.131. The Kier molecular flexibility index (Phi) is 3.13. The summed E-state index contributed by atoms with van der Waals surface area (Å²) in [4.78, 5) is 0. The van der Waals surface area contributed by atoms with Gasteiger partial charge in [-0.15, -0.1) is 0 Å². The van der Waals surface area contributed by atoms with Gasteiger partial charge in [-0.2, -0.15) is 0 Å². The third-order valence-corrected chi connectivity index (χ3v) is 3.50. The molecule has 20 heavy (non-hydrogen) atoms. The number of hydrogen-bond acceptors (Lipinski definition) is 2. The Balaban J connectivity index is 1.76. The summed E-state index contributed by atoms with van der Waals surface area (Å²) >= 11 is 0. The molecule has 2 aromatic carbocycles. The van der Waals surface area contributed by atoms with Crippen LogP contribution in [-0.4, -0.2) is 5.60 Å². The van der Waals surface area contributed by atoms with Crippen LogP contribution in [0.4, 0.5) is 10.1 Å². The molecule has 0 saturated carbocycles. The molecule has 1 heterocycles. The fourth-order valence-corrected chi connectivity index (χ4v) is 2.58. The first kappa shape index (κ1) is 13.0. The van der Waals surface area contributed by atoms with Gasteiger partial charge in [0.1, 0.15) is 17.2 Å². The van der Waals surface area contributed by atoms with Crippen LogP contribution in [0.25, 0.3) is 0 Å². The van der Waals surface area contributed by atoms with Crippen molar-refractivity contribution in [3.05, 3.63) is 59.4 Å². The summed E-state index contributed by atoms with van der Waals surface area (Å²) in [5.41, 5.74) is 3.17. The van der Waals surface area contributed by atoms with Crippen LogP contribution in [0.1, 0.15) is 25.0 Å². The molecule has 3 heteroatoms. The van der Waals surface area contributed by atoms with Crippen molar-refractivity contribution in [2.45, 2.75) is 32.4 Å². The minimum Gasteiger partial charge on any atom is -0.487 e. The first-order valence-electron chi connectivity index (χ1n) is 6.83. The molecule has 0 bridgehead atoms. The average Bonchev–Trinajstić information content (AvgIpc) is 2.72. The lowest BCUT2D eigenvalue weighted by molar-refractivity contribution is 0.137. The molecule has 2 nitrogen and oxygen atoms in total. The van der Waals surface area contributed by atoms with Gasteiger partial charge in [0.25, 0.3) is 0 Å². The van der Waals surface area contributed by atoms with Gasteiger partial charge in [-0.3, -0.25) is 0 Å². The lowest BCUT2D eigenvalue weighted by Crippen LogP contribution is -2.25. The number of nitrogens with one attached hydrogen (secondary N) is 1. The lowest BCUT2D eigenvalue weighted by atomic mass is 10.0. The predicted molar refractivity (Wildman–Crippen MR) is 78.6 cm³/mol. The molecule has 0 spiro atoms. The normalized spacial score (nSPS) is 15.6. The van der Waals surface area contributed by atoms with E-state index >= 15 is 0 Å². The van der Waals surface area contributed by atoms with E-state index in [4.69, 9.17) is 4.74 Å². The average molecular weight is 271 g/mol. The van der Waals surface area contributed by atoms with E-state index in [2.05, 4.69) is 37.4 Å². The lowest BCUT2D eigenvalue weighted by Gasteiger charge is -2.18. The van der Waals surface area contributed by atoms with E-state index < -0.39 is 0 Å². The van der Waals surface area contributed by atoms with E-state index in [1.54, 1.807) is 12.1 Å². The van der Waals surface area contributed by atoms with Crippen LogP contribution in [0.2, 0.25) is 0 Å². The van der Waals surface area contributed by atoms with Gasteiger partial charge in [-0.25, -0.2) is 4.39 Å². The van der Waals surface area contributed by atoms with Crippen LogP contribution >= 0.6 is 0 Å². The number of halogens is 1. The largest absolute Gasteiger partial charge is 0.487 e. The highest BCUT2D eigenvalue weighted by Crippen LogP contribution is 2.37. The summed E-state index contributed by atoms with van der Waals surface area (Å²) in [6.45, 7) is 4.87. The fourth-order valence-electron chi connectivity index (χ4n) is 2.58. The van der Waals surface area contributed by atoms with E-state index in [0.717, 1.165) is 23.4 Å². The molecule has 1 N–H and O–H groups in total. The summed E-state index contributed by atoms with van der Waals surface area (Å²) in [6, 6.07) is 12.6. The molecule has 0 radical (unpaired) electrons. The number of ether oxygens (including phenoxy) is 1. The maximum Gasteiger partial charge on any atom is 0.128 e. The van der Waals surface area contributed by atoms with Crippen molar-refractivity contribution in [2.24, 2.45) is 0 Å². The van der Waals surface area contributed by atoms with Crippen LogP contribution in [0, 0.1) is 5.82 Å². The van der Waals surface area contributed by atoms with Crippen molar-refractivity contribution < 1.29 is 9.13 Å². The van der Waals surface area contributed by atoms with Gasteiger partial charge in [0, 0.05) is 24.2 Å². The third-order valence-electron chi connectivity index (χ3n) is 3.50. The quantitative estimate of drug-likeness (QED) is 0.905. The second kappa shape index (κ2) is 4.82. The van der Waals surface area contributed by atoms with Crippen LogP contribution in [-0.2, 0) is 13.0 Å². The van der Waals surface area contributed by atoms with Gasteiger partial charge >= 0.3 is 0 Å². The second-order valence-corrected chi connectivity index (χ2v) is 5.80. The molecule has 0 saturated heterocycles. The molecule has 0 fully saturated rings. The van der Waals surface area contributed by atoms with Gasteiger partial charge < -0.3 is 10.1 Å². The molecule has 0 atom stereocenters. The predicted octanol–water partition coefficient (Wildman–Crippen LogP) is 4.15. The van der Waals surface area contributed by atoms with E-state index in [-0.39, 0.29) is 11.4 Å². The van der Waals surface area contributed by atoms with Crippen molar-refractivity contribution in [3.63, 3.8) is 0 Å². The first-order chi connectivity index (χ1) is 9.53. The van der Waals surface area contributed by atoms with Crippen LogP contribution in [0.5, 0.6) is 5.75 Å². The van der Waals surface area contributed by atoms with Gasteiger partial charge in [-0.05, 0) is 43.7 Å². The summed E-state index contributed by atoms with van der Waals surface area (Å²) < 4.78 is 18.9. The Morgan fingerprint density at radius 3 is 2.65 bits per heavy atom. The highest BCUT2D eigenvalue weighted by atomic mass is 19.1. The maximum atomic E-state index is 12.9. The van der Waals surface area contributed by atoms with Crippen molar-refractivity contribution in [3.8, 4) is 5.75 Å². The Morgan fingerprint density at radius 2 is 1.90 bits per heavy atom. The van der Waals surface area contributed by atoms with Crippen molar-refractivity contribution in [2.75, 3.05) is 5.32 Å². The number of fused-ring (bicyclic) bond motifs is 1. The highest BCUT2D eigenvalue weighted by molar-refractivity contribution is 5.49. The number of hydrogen-bond donors (Lipinski definition) is 1. The Bertz CT molecular complexity index is 619. The fraction of sp³-hybridized carbons (Fsp3) is 0.294. The SMILES string of the molecule is CC1(C)Cc2cccc(CNc3ccc(F)cc3)c2O1. The second-order valence-electron chi connectivity index (χ2n) is 5.80. The maximum absolute atomic E-state index is 12.9. The first-order valence-corrected chi connectivity index (χ1v) is 6.83. The van der Waals surface area contributed by atoms with E-state index in [9.17, 15) is 4.39 Å². The molecule has 1 aliphatic heterocycles. The van der Waals surface area contributed by atoms with Crippen LogP contribution in [0.15, 0.2) is 42.5 Å². The Morgan fingerprint density at radius 1 is 1.15 bits per heavy atom. The highest BCUT2D eigenvalue weighted by Gasteiger charge is 2.31. The van der Waals surface area contributed by atoms with Crippen molar-refractivity contribution in [1.29, 1.82) is 0 Å². The topological polar surface area (TPSA) is 21.3 Å². The van der Waals surface area contributed by atoms with Gasteiger partial charge in [0.05, 0.1) is 0 Å². The monoisotopic (exact) mass is 271 g/mol. The summed E-state index contributed by atoms with van der Waals surface area (Å²) in [6.07, 6.45) is 0.937. The molecule has 0 aromatic heterocycles. The minimum atomic E-state index is -0.221. The summed E-state index contributed by atoms with van der Waals surface area (Å²) in [7, 11) is 0. The Hall–Kier alpha value is -2.03. The van der Waals surface area contributed by atoms with Gasteiger partial charge in [0.15, 0.2) is 0 Å². The zero-order valence-corrected chi connectivity index (χ0v) is 11.7. The van der Waals surface area contributed by atoms with Gasteiger partial charge in [-0.1, -0.05) is 18.2 Å². The molecule has 1 aliphatic rings. The zero-order chi connectivity index (χ0) is 14.2. The molecule has 0 amide bonds. The van der Waals surface area contributed by atoms with E-state index in [0.29, 0.717) is 6.54 Å². The Labute approximate surface area is 118 Å². The van der Waals surface area contributed by atoms with Crippen molar-refractivity contribution in [1.82, 2.24) is 0 Å². The van der Waals surface area contributed by atoms with Crippen LogP contribution in [0.3, 0.4) is 0 Å². The smallest absolute Gasteiger partial charge is 0.128 e.